The molecule has 0 aliphatic carbocycles. The quantitative estimate of drug-likeness (QED) is 0.488. The number of pyridine rings is 1. The van der Waals surface area contributed by atoms with Crippen molar-refractivity contribution in [2.75, 3.05) is 40.3 Å². The number of ether oxygens (including phenoxy) is 1. The first-order valence-electron chi connectivity index (χ1n) is 12.4. The summed E-state index contributed by atoms with van der Waals surface area (Å²) in [6, 6.07) is 6.74. The number of hydrogen-bond acceptors (Lipinski definition) is 5. The number of piperazine rings is 1. The van der Waals surface area contributed by atoms with Crippen molar-refractivity contribution in [2.24, 2.45) is 0 Å². The van der Waals surface area contributed by atoms with Crippen molar-refractivity contribution in [3.05, 3.63) is 58.4 Å². The summed E-state index contributed by atoms with van der Waals surface area (Å²) < 4.78 is 44.5. The molecule has 2 aromatic rings. The van der Waals surface area contributed by atoms with E-state index < -0.39 is 11.7 Å². The Morgan fingerprint density at radius 2 is 1.89 bits per heavy atom. The number of likely N-dealkylation sites (tertiary alicyclic amines) is 2. The first kappa shape index (κ1) is 26.4. The second kappa shape index (κ2) is 10.4. The third-order valence-electron chi connectivity index (χ3n) is 7.59. The van der Waals surface area contributed by atoms with Gasteiger partial charge in [0, 0.05) is 44.0 Å². The number of alkyl halides is 3. The average molecular weight is 505 g/mol. The molecule has 2 fully saturated rings. The van der Waals surface area contributed by atoms with E-state index in [1.807, 2.05) is 0 Å². The van der Waals surface area contributed by atoms with Gasteiger partial charge in [0.05, 0.1) is 12.2 Å². The maximum Gasteiger partial charge on any atom is 0.417 e. The summed E-state index contributed by atoms with van der Waals surface area (Å²) in [5.41, 5.74) is 2.83. The Morgan fingerprint density at radius 3 is 2.47 bits per heavy atom. The van der Waals surface area contributed by atoms with Gasteiger partial charge in [0.1, 0.15) is 11.4 Å². The lowest BCUT2D eigenvalue weighted by Crippen LogP contribution is -2.49. The van der Waals surface area contributed by atoms with E-state index in [2.05, 4.69) is 61.8 Å². The molecule has 3 atom stereocenters. The average Bonchev–Trinajstić information content (AvgIpc) is 3.44. The number of hydrogen-bond donors (Lipinski definition) is 0. The van der Waals surface area contributed by atoms with E-state index in [0.717, 1.165) is 49.5 Å². The minimum atomic E-state index is -4.47. The highest BCUT2D eigenvalue weighted by Gasteiger charge is 2.47. The summed E-state index contributed by atoms with van der Waals surface area (Å²) in [6.07, 6.45) is -1.90. The Bertz CT molecular complexity index is 1090. The number of fused-ring (bicyclic) bond motifs is 2. The molecule has 9 heteroatoms. The number of carbonyl (C=O) groups is 1. The summed E-state index contributed by atoms with van der Waals surface area (Å²) >= 11 is 0. The van der Waals surface area contributed by atoms with Crippen LogP contribution in [0.3, 0.4) is 0 Å². The second-order valence-electron chi connectivity index (χ2n) is 10.2. The number of rotatable bonds is 8. The Hall–Kier alpha value is -2.65. The van der Waals surface area contributed by atoms with Gasteiger partial charge in [-0.05, 0) is 82.6 Å². The number of amides is 1. The number of nitrogens with zero attached hydrogens (tertiary/aromatic N) is 4. The normalized spacial score (nSPS) is 20.9. The van der Waals surface area contributed by atoms with Crippen molar-refractivity contribution < 1.29 is 22.7 Å². The first-order valence-corrected chi connectivity index (χ1v) is 12.4. The molecule has 2 aliphatic rings. The summed E-state index contributed by atoms with van der Waals surface area (Å²) in [6.45, 7) is 9.39. The topological polar surface area (TPSA) is 48.9 Å². The molecule has 2 saturated heterocycles. The van der Waals surface area contributed by atoms with Crippen molar-refractivity contribution in [2.45, 2.75) is 57.9 Å². The maximum atomic E-state index is 13.0. The lowest BCUT2D eigenvalue weighted by Gasteiger charge is -2.38. The van der Waals surface area contributed by atoms with E-state index in [4.69, 9.17) is 4.74 Å². The van der Waals surface area contributed by atoms with E-state index >= 15 is 0 Å². The molecule has 1 aromatic carbocycles. The van der Waals surface area contributed by atoms with Gasteiger partial charge in [0.2, 0.25) is 0 Å². The van der Waals surface area contributed by atoms with E-state index in [1.165, 1.54) is 17.2 Å². The lowest BCUT2D eigenvalue weighted by atomic mass is 9.96. The molecule has 1 aromatic heterocycles. The smallest absolute Gasteiger partial charge is 0.417 e. The van der Waals surface area contributed by atoms with Crippen LogP contribution in [0.2, 0.25) is 0 Å². The summed E-state index contributed by atoms with van der Waals surface area (Å²) in [5.74, 6) is 0.622. The van der Waals surface area contributed by atoms with Crippen molar-refractivity contribution in [1.29, 1.82) is 0 Å². The molecule has 36 heavy (non-hydrogen) atoms. The molecule has 0 spiro atoms. The van der Waals surface area contributed by atoms with Crippen molar-refractivity contribution in [1.82, 2.24) is 19.7 Å². The monoisotopic (exact) mass is 504 g/mol. The minimum Gasteiger partial charge on any atom is -0.493 e. The van der Waals surface area contributed by atoms with Gasteiger partial charge in [-0.15, -0.1) is 0 Å². The Balaban J connectivity index is 1.39. The highest BCUT2D eigenvalue weighted by atomic mass is 19.4. The van der Waals surface area contributed by atoms with Crippen LogP contribution in [0, 0.1) is 13.8 Å². The molecule has 0 saturated carbocycles. The molecule has 0 N–H and O–H groups in total. The van der Waals surface area contributed by atoms with Crippen molar-refractivity contribution in [3.8, 4) is 5.75 Å². The Kier molecular flexibility index (Phi) is 7.61. The Labute approximate surface area is 211 Å². The van der Waals surface area contributed by atoms with Crippen LogP contribution in [0.15, 0.2) is 30.5 Å². The molecule has 4 rings (SSSR count). The van der Waals surface area contributed by atoms with Gasteiger partial charge < -0.3 is 14.5 Å². The zero-order chi connectivity index (χ0) is 26.2. The molecule has 3 heterocycles. The third kappa shape index (κ3) is 5.37. The van der Waals surface area contributed by atoms with E-state index in [1.54, 1.807) is 4.90 Å². The van der Waals surface area contributed by atoms with Gasteiger partial charge in [-0.2, -0.15) is 13.2 Å². The third-order valence-corrected chi connectivity index (χ3v) is 7.59. The van der Waals surface area contributed by atoms with E-state index in [0.29, 0.717) is 13.2 Å². The molecule has 1 amide bonds. The van der Waals surface area contributed by atoms with Gasteiger partial charge >= 0.3 is 6.18 Å². The summed E-state index contributed by atoms with van der Waals surface area (Å²) in [5, 5.41) is 0. The fourth-order valence-electron chi connectivity index (χ4n) is 5.42. The SMILES string of the molecule is Cc1c(OCCCN(C)C)ccc([C@H](C)N2C[C@H]3C[C@@H]2CN3C(=O)c2ccc(C(F)(F)F)cn2)c1C. The standard InChI is InChI=1S/C27H35F3N4O2/c1-17-18(2)25(36-12-6-11-32(4)5)10-8-23(17)19(3)33-15-22-13-21(33)16-34(22)26(35)24-9-7-20(14-31-24)27(28,29)30/h7-10,14,19,21-22H,6,11-13,15-16H2,1-5H3/t19-,21+,22+/m0/s1. The predicted molar refractivity (Wildman–Crippen MR) is 132 cm³/mol. The molecule has 2 aliphatic heterocycles. The number of aromatic nitrogens is 1. The molecular weight excluding hydrogens is 469 g/mol. The van der Waals surface area contributed by atoms with Crippen molar-refractivity contribution in [3.63, 3.8) is 0 Å². The maximum absolute atomic E-state index is 13.0. The van der Waals surface area contributed by atoms with Crippen LogP contribution in [-0.2, 0) is 6.18 Å². The lowest BCUT2D eigenvalue weighted by molar-refractivity contribution is -0.137. The molecule has 196 valence electrons. The summed E-state index contributed by atoms with van der Waals surface area (Å²) in [7, 11) is 4.11. The van der Waals surface area contributed by atoms with Crippen molar-refractivity contribution >= 4 is 5.91 Å². The van der Waals surface area contributed by atoms with Gasteiger partial charge in [0.25, 0.3) is 5.91 Å². The number of carbonyl (C=O) groups excluding carboxylic acids is 1. The molecule has 2 bridgehead atoms. The second-order valence-corrected chi connectivity index (χ2v) is 10.2. The molecule has 0 radical (unpaired) electrons. The zero-order valence-electron chi connectivity index (χ0n) is 21.6. The van der Waals surface area contributed by atoms with Crippen LogP contribution >= 0.6 is 0 Å². The largest absolute Gasteiger partial charge is 0.493 e. The van der Waals surface area contributed by atoms with Gasteiger partial charge in [-0.3, -0.25) is 14.7 Å². The molecule has 0 unspecified atom stereocenters. The zero-order valence-corrected chi connectivity index (χ0v) is 21.6. The van der Waals surface area contributed by atoms with E-state index in [-0.39, 0.29) is 29.7 Å². The minimum absolute atomic E-state index is 0.0368. The van der Waals surface area contributed by atoms with Crippen LogP contribution in [0.25, 0.3) is 0 Å². The molecular formula is C27H35F3N4O2. The van der Waals surface area contributed by atoms with Gasteiger partial charge in [-0.1, -0.05) is 6.07 Å². The number of benzene rings is 1. The van der Waals surface area contributed by atoms with E-state index in [9.17, 15) is 18.0 Å². The fraction of sp³-hybridized carbons (Fsp3) is 0.556. The van der Waals surface area contributed by atoms with Crippen LogP contribution in [0.4, 0.5) is 13.2 Å². The van der Waals surface area contributed by atoms with Gasteiger partial charge in [0.15, 0.2) is 0 Å². The molecule has 6 nitrogen and oxygen atoms in total. The van der Waals surface area contributed by atoms with Crippen LogP contribution in [0.1, 0.15) is 58.5 Å². The number of halogens is 3. The predicted octanol–water partition coefficient (Wildman–Crippen LogP) is 4.71. The Morgan fingerprint density at radius 1 is 1.14 bits per heavy atom. The highest BCUT2D eigenvalue weighted by Crippen LogP contribution is 2.39. The van der Waals surface area contributed by atoms with Gasteiger partial charge in [-0.25, -0.2) is 0 Å². The summed E-state index contributed by atoms with van der Waals surface area (Å²) in [4.78, 5) is 23.1. The van der Waals surface area contributed by atoms with Crippen LogP contribution < -0.4 is 4.74 Å². The fourth-order valence-corrected chi connectivity index (χ4v) is 5.42. The van der Waals surface area contributed by atoms with Crippen LogP contribution in [-0.4, -0.2) is 78.0 Å². The van der Waals surface area contributed by atoms with Crippen LogP contribution in [0.5, 0.6) is 5.75 Å². The highest BCUT2D eigenvalue weighted by molar-refractivity contribution is 5.93. The first-order chi connectivity index (χ1) is 17.0.